The maximum atomic E-state index is 3.61. The summed E-state index contributed by atoms with van der Waals surface area (Å²) in [6.45, 7) is 10.5. The summed E-state index contributed by atoms with van der Waals surface area (Å²) in [5, 5.41) is 3.61. The van der Waals surface area contributed by atoms with Gasteiger partial charge in [-0.3, -0.25) is 0 Å². The maximum Gasteiger partial charge on any atom is 0.0299 e. The van der Waals surface area contributed by atoms with Crippen LogP contribution in [0.25, 0.3) is 0 Å². The highest BCUT2D eigenvalue weighted by Crippen LogP contribution is 2.18. The largest absolute Gasteiger partial charge is 0.312 e. The topological polar surface area (TPSA) is 15.3 Å². The monoisotopic (exact) mass is 252 g/mol. The zero-order chi connectivity index (χ0) is 12.1. The molecule has 1 saturated heterocycles. The highest BCUT2D eigenvalue weighted by atomic mass is 32.1. The molecule has 1 unspecified atom stereocenters. The highest BCUT2D eigenvalue weighted by molar-refractivity contribution is 7.11. The van der Waals surface area contributed by atoms with E-state index >= 15 is 0 Å². The molecule has 3 heteroatoms. The molecule has 0 aromatic carbocycles. The van der Waals surface area contributed by atoms with E-state index < -0.39 is 0 Å². The molecule has 0 saturated carbocycles. The number of aryl methyl sites for hydroxylation is 1. The van der Waals surface area contributed by atoms with E-state index in [1.54, 1.807) is 0 Å². The summed E-state index contributed by atoms with van der Waals surface area (Å²) in [6, 6.07) is 4.53. The van der Waals surface area contributed by atoms with E-state index in [4.69, 9.17) is 0 Å². The number of likely N-dealkylation sites (tertiary alicyclic amines) is 1. The van der Waals surface area contributed by atoms with E-state index in [1.807, 2.05) is 11.3 Å². The van der Waals surface area contributed by atoms with Crippen LogP contribution in [0.1, 0.15) is 30.0 Å². The van der Waals surface area contributed by atoms with Crippen molar-refractivity contribution in [3.05, 3.63) is 21.9 Å². The summed E-state index contributed by atoms with van der Waals surface area (Å²) < 4.78 is 0. The average molecular weight is 252 g/mol. The van der Waals surface area contributed by atoms with Crippen LogP contribution < -0.4 is 5.32 Å². The summed E-state index contributed by atoms with van der Waals surface area (Å²) in [5.41, 5.74) is 0. The maximum absolute atomic E-state index is 3.61. The summed E-state index contributed by atoms with van der Waals surface area (Å²) in [4.78, 5) is 5.53. The number of rotatable bonds is 6. The molecule has 2 nitrogen and oxygen atoms in total. The van der Waals surface area contributed by atoms with Gasteiger partial charge in [0.1, 0.15) is 0 Å². The smallest absolute Gasteiger partial charge is 0.0299 e. The molecule has 17 heavy (non-hydrogen) atoms. The Kier molecular flexibility index (Phi) is 5.01. The number of hydrogen-bond donors (Lipinski definition) is 1. The van der Waals surface area contributed by atoms with E-state index in [2.05, 4.69) is 36.2 Å². The third-order valence-corrected chi connectivity index (χ3v) is 4.84. The minimum atomic E-state index is 0.862. The van der Waals surface area contributed by atoms with E-state index in [1.165, 1.54) is 48.8 Å². The summed E-state index contributed by atoms with van der Waals surface area (Å²) in [7, 11) is 0. The first-order valence-corrected chi connectivity index (χ1v) is 7.64. The predicted molar refractivity (Wildman–Crippen MR) is 75.6 cm³/mol. The van der Waals surface area contributed by atoms with Gasteiger partial charge in [-0.2, -0.15) is 0 Å². The van der Waals surface area contributed by atoms with Crippen LogP contribution >= 0.6 is 11.3 Å². The average Bonchev–Trinajstić information content (AvgIpc) is 2.97. The van der Waals surface area contributed by atoms with E-state index in [9.17, 15) is 0 Å². The highest BCUT2D eigenvalue weighted by Gasteiger charge is 2.20. The SMILES string of the molecule is CCc1ccc(CNCC2CCN(CC)C2)s1. The van der Waals surface area contributed by atoms with Crippen LogP contribution in [0, 0.1) is 5.92 Å². The molecule has 0 spiro atoms. The van der Waals surface area contributed by atoms with Gasteiger partial charge in [-0.25, -0.2) is 0 Å². The van der Waals surface area contributed by atoms with Crippen LogP contribution in [0.5, 0.6) is 0 Å². The van der Waals surface area contributed by atoms with Gasteiger partial charge in [0.15, 0.2) is 0 Å². The van der Waals surface area contributed by atoms with Crippen molar-refractivity contribution < 1.29 is 0 Å². The van der Waals surface area contributed by atoms with E-state index in [0.717, 1.165) is 12.5 Å². The summed E-state index contributed by atoms with van der Waals surface area (Å²) in [5.74, 6) is 0.862. The summed E-state index contributed by atoms with van der Waals surface area (Å²) >= 11 is 1.95. The molecule has 96 valence electrons. The second-order valence-electron chi connectivity index (χ2n) is 4.90. The molecule has 1 aromatic rings. The van der Waals surface area contributed by atoms with Crippen molar-refractivity contribution in [3.63, 3.8) is 0 Å². The van der Waals surface area contributed by atoms with Gasteiger partial charge in [-0.15, -0.1) is 11.3 Å². The lowest BCUT2D eigenvalue weighted by Crippen LogP contribution is -2.25. The molecule has 2 rings (SSSR count). The molecule has 1 atom stereocenters. The molecular formula is C14H24N2S. The molecule has 1 N–H and O–H groups in total. The first kappa shape index (κ1) is 13.1. The molecule has 0 radical (unpaired) electrons. The second kappa shape index (κ2) is 6.53. The third kappa shape index (κ3) is 3.80. The van der Waals surface area contributed by atoms with Crippen molar-refractivity contribution in [2.45, 2.75) is 33.2 Å². The van der Waals surface area contributed by atoms with Crippen molar-refractivity contribution in [1.82, 2.24) is 10.2 Å². The lowest BCUT2D eigenvalue weighted by molar-refractivity contribution is 0.339. The molecule has 1 fully saturated rings. The van der Waals surface area contributed by atoms with Crippen LogP contribution in [-0.4, -0.2) is 31.1 Å². The molecule has 2 heterocycles. The second-order valence-corrected chi connectivity index (χ2v) is 6.15. The van der Waals surface area contributed by atoms with Crippen molar-refractivity contribution in [3.8, 4) is 0 Å². The number of thiophene rings is 1. The number of nitrogens with zero attached hydrogens (tertiary/aromatic N) is 1. The van der Waals surface area contributed by atoms with E-state index in [0.29, 0.717) is 0 Å². The van der Waals surface area contributed by atoms with Gasteiger partial charge >= 0.3 is 0 Å². The van der Waals surface area contributed by atoms with Crippen LogP contribution in [0.2, 0.25) is 0 Å². The van der Waals surface area contributed by atoms with Gasteiger partial charge in [-0.1, -0.05) is 13.8 Å². The molecule has 1 aliphatic rings. The molecule has 0 aliphatic carbocycles. The van der Waals surface area contributed by atoms with E-state index in [-0.39, 0.29) is 0 Å². The zero-order valence-electron chi connectivity index (χ0n) is 11.0. The van der Waals surface area contributed by atoms with Gasteiger partial charge in [-0.05, 0) is 50.5 Å². The normalized spacial score (nSPS) is 21.2. The Morgan fingerprint density at radius 3 is 2.82 bits per heavy atom. The first-order valence-electron chi connectivity index (χ1n) is 6.82. The van der Waals surface area contributed by atoms with Crippen LogP contribution in [0.3, 0.4) is 0 Å². The Morgan fingerprint density at radius 1 is 1.35 bits per heavy atom. The van der Waals surface area contributed by atoms with Crippen molar-refractivity contribution >= 4 is 11.3 Å². The number of hydrogen-bond acceptors (Lipinski definition) is 3. The van der Waals surface area contributed by atoms with Gasteiger partial charge in [0.05, 0.1) is 0 Å². The standard InChI is InChI=1S/C14H24N2S/c1-3-13-5-6-14(17-13)10-15-9-12-7-8-16(4-2)11-12/h5-6,12,15H,3-4,7-11H2,1-2H3. The Labute approximate surface area is 109 Å². The van der Waals surface area contributed by atoms with Gasteiger partial charge < -0.3 is 10.2 Å². The lowest BCUT2D eigenvalue weighted by atomic mass is 10.1. The fourth-order valence-corrected chi connectivity index (χ4v) is 3.40. The first-order chi connectivity index (χ1) is 8.31. The minimum absolute atomic E-state index is 0.862. The fraction of sp³-hybridized carbons (Fsp3) is 0.714. The Balaban J connectivity index is 1.66. The fourth-order valence-electron chi connectivity index (χ4n) is 2.47. The van der Waals surface area contributed by atoms with Gasteiger partial charge in [0.2, 0.25) is 0 Å². The van der Waals surface area contributed by atoms with Gasteiger partial charge in [0, 0.05) is 22.8 Å². The quantitative estimate of drug-likeness (QED) is 0.837. The Hall–Kier alpha value is -0.380. The van der Waals surface area contributed by atoms with Crippen LogP contribution in [-0.2, 0) is 13.0 Å². The van der Waals surface area contributed by atoms with Crippen LogP contribution in [0.15, 0.2) is 12.1 Å². The molecule has 0 amide bonds. The summed E-state index contributed by atoms with van der Waals surface area (Å²) in [6.07, 6.45) is 2.53. The minimum Gasteiger partial charge on any atom is -0.312 e. The van der Waals surface area contributed by atoms with Gasteiger partial charge in [0.25, 0.3) is 0 Å². The molecular weight excluding hydrogens is 228 g/mol. The Morgan fingerprint density at radius 2 is 2.18 bits per heavy atom. The van der Waals surface area contributed by atoms with Crippen molar-refractivity contribution in [2.24, 2.45) is 5.92 Å². The molecule has 0 bridgehead atoms. The van der Waals surface area contributed by atoms with Crippen molar-refractivity contribution in [2.75, 3.05) is 26.2 Å². The van der Waals surface area contributed by atoms with Crippen molar-refractivity contribution in [1.29, 1.82) is 0 Å². The zero-order valence-corrected chi connectivity index (χ0v) is 11.9. The lowest BCUT2D eigenvalue weighted by Gasteiger charge is -2.13. The third-order valence-electron chi connectivity index (χ3n) is 3.62. The molecule has 1 aromatic heterocycles. The Bertz CT molecular complexity index is 335. The molecule has 1 aliphatic heterocycles. The number of nitrogens with one attached hydrogen (secondary N) is 1. The predicted octanol–water partition coefficient (Wildman–Crippen LogP) is 2.74. The van der Waals surface area contributed by atoms with Crippen LogP contribution in [0.4, 0.5) is 0 Å².